The zero-order chi connectivity index (χ0) is 19.0. The number of rotatable bonds is 1. The second-order valence-corrected chi connectivity index (χ2v) is 15.2. The molecule has 3 aromatic carbocycles. The topological polar surface area (TPSA) is 3.24 Å². The first kappa shape index (κ1) is 18.6. The van der Waals surface area contributed by atoms with E-state index in [1.807, 2.05) is 0 Å². The van der Waals surface area contributed by atoms with Gasteiger partial charge < -0.3 is 0 Å². The summed E-state index contributed by atoms with van der Waals surface area (Å²) < 4.78 is 42.8. The molecule has 27 heavy (non-hydrogen) atoms. The van der Waals surface area contributed by atoms with Crippen LogP contribution in [0, 0.1) is 0 Å². The molecule has 0 saturated carbocycles. The van der Waals surface area contributed by atoms with Crippen molar-refractivity contribution in [1.29, 1.82) is 0 Å². The Hall–Kier alpha value is -1.71. The second-order valence-electron chi connectivity index (χ2n) is 6.81. The molecular weight excluding hydrogens is 544 g/mol. The Labute approximate surface area is 165 Å². The Bertz CT molecular complexity index is 901. The predicted octanol–water partition coefficient (Wildman–Crippen LogP) is 3.17. The SMILES string of the molecule is CN1Cc2cccc[c]2[Bi]([c]2ccc(C(F)(F)F)cc2)[c]2ccccc2C1. The normalized spacial score (nSPS) is 15.6. The standard InChI is InChI=1S/C15H15N.C7H4F3.Bi/c1-16(12-14-8-4-2-5-9-14)13-15-10-6-3-7-11-15;8-7(9,10)6-4-2-1-3-5-6;/h2-8,10H,12-13H2,1H3;2-5H;. The van der Waals surface area contributed by atoms with Gasteiger partial charge in [0.1, 0.15) is 0 Å². The molecular formula is C22H19BiF3N. The molecule has 0 spiro atoms. The van der Waals surface area contributed by atoms with E-state index in [2.05, 4.69) is 60.5 Å². The van der Waals surface area contributed by atoms with Gasteiger partial charge in [-0.1, -0.05) is 0 Å². The van der Waals surface area contributed by atoms with Crippen LogP contribution in [0.5, 0.6) is 0 Å². The van der Waals surface area contributed by atoms with Crippen molar-refractivity contribution in [1.82, 2.24) is 4.90 Å². The maximum absolute atomic E-state index is 13.0. The van der Waals surface area contributed by atoms with Gasteiger partial charge in [0.05, 0.1) is 0 Å². The molecule has 0 amide bonds. The Balaban J connectivity index is 1.90. The van der Waals surface area contributed by atoms with Gasteiger partial charge in [-0.3, -0.25) is 0 Å². The van der Waals surface area contributed by atoms with Gasteiger partial charge in [-0.05, 0) is 0 Å². The van der Waals surface area contributed by atoms with Crippen LogP contribution >= 0.6 is 0 Å². The number of benzene rings is 3. The average molecular weight is 563 g/mol. The zero-order valence-corrected chi connectivity index (χ0v) is 18.3. The van der Waals surface area contributed by atoms with Gasteiger partial charge in [0.15, 0.2) is 0 Å². The van der Waals surface area contributed by atoms with Crippen LogP contribution in [0.15, 0.2) is 72.8 Å². The van der Waals surface area contributed by atoms with E-state index in [-0.39, 0.29) is 0 Å². The molecule has 0 unspecified atom stereocenters. The summed E-state index contributed by atoms with van der Waals surface area (Å²) in [6, 6.07) is 22.8. The number of hydrogen-bond donors (Lipinski definition) is 0. The molecule has 1 heterocycles. The molecule has 1 aliphatic heterocycles. The molecule has 0 N–H and O–H groups in total. The third-order valence-electron chi connectivity index (χ3n) is 4.80. The van der Waals surface area contributed by atoms with E-state index >= 15 is 0 Å². The van der Waals surface area contributed by atoms with Crippen LogP contribution in [0.3, 0.4) is 0 Å². The molecule has 5 heteroatoms. The van der Waals surface area contributed by atoms with E-state index < -0.39 is 33.5 Å². The van der Waals surface area contributed by atoms with E-state index in [0.29, 0.717) is 0 Å². The molecule has 1 aliphatic rings. The Kier molecular flexibility index (Phi) is 5.09. The number of halogens is 3. The number of alkyl halides is 3. The Morgan fingerprint density at radius 2 is 1.22 bits per heavy atom. The van der Waals surface area contributed by atoms with Crippen LogP contribution in [0.2, 0.25) is 0 Å². The summed E-state index contributed by atoms with van der Waals surface area (Å²) in [5.41, 5.74) is 2.02. The molecule has 0 aromatic heterocycles. The average Bonchev–Trinajstić information content (AvgIpc) is 2.63. The van der Waals surface area contributed by atoms with E-state index in [4.69, 9.17) is 0 Å². The van der Waals surface area contributed by atoms with Crippen LogP contribution in [0.25, 0.3) is 0 Å². The van der Waals surface area contributed by atoms with Crippen LogP contribution in [-0.4, -0.2) is 33.7 Å². The first-order valence-electron chi connectivity index (χ1n) is 8.75. The molecule has 0 saturated heterocycles. The summed E-state index contributed by atoms with van der Waals surface area (Å²) in [5, 5.41) is 0. The molecule has 0 bridgehead atoms. The second kappa shape index (κ2) is 7.37. The van der Waals surface area contributed by atoms with E-state index in [0.717, 1.165) is 16.4 Å². The summed E-state index contributed by atoms with van der Waals surface area (Å²) in [5.74, 6) is 0. The van der Waals surface area contributed by atoms with Crippen molar-refractivity contribution < 1.29 is 13.2 Å². The number of fused-ring (bicyclic) bond motifs is 2. The Morgan fingerprint density at radius 3 is 1.70 bits per heavy atom. The van der Waals surface area contributed by atoms with Crippen molar-refractivity contribution in [2.24, 2.45) is 0 Å². The van der Waals surface area contributed by atoms with E-state index in [1.54, 1.807) is 12.1 Å². The van der Waals surface area contributed by atoms with Gasteiger partial charge in [0.2, 0.25) is 0 Å². The number of nitrogens with zero attached hydrogens (tertiary/aromatic N) is 1. The minimum atomic E-state index is -4.30. The minimum absolute atomic E-state index is 0.580. The quantitative estimate of drug-likeness (QED) is 0.412. The fraction of sp³-hybridized carbons (Fsp3) is 0.182. The van der Waals surface area contributed by atoms with Gasteiger partial charge in [-0.15, -0.1) is 0 Å². The first-order valence-corrected chi connectivity index (χ1v) is 14.0. The maximum atomic E-state index is 13.0. The number of hydrogen-bond acceptors (Lipinski definition) is 1. The van der Waals surface area contributed by atoms with Gasteiger partial charge in [-0.2, -0.15) is 0 Å². The fourth-order valence-corrected chi connectivity index (χ4v) is 13.7. The predicted molar refractivity (Wildman–Crippen MR) is 104 cm³/mol. The summed E-state index contributed by atoms with van der Waals surface area (Å²) in [4.78, 5) is 2.30. The molecule has 1 nitrogen and oxygen atoms in total. The van der Waals surface area contributed by atoms with Crippen molar-refractivity contribution in [3.05, 3.63) is 89.5 Å². The van der Waals surface area contributed by atoms with Gasteiger partial charge in [-0.25, -0.2) is 0 Å². The van der Waals surface area contributed by atoms with Crippen molar-refractivity contribution in [2.45, 2.75) is 19.3 Å². The summed E-state index contributed by atoms with van der Waals surface area (Å²) >= 11 is -2.68. The third kappa shape index (κ3) is 3.81. The summed E-state index contributed by atoms with van der Waals surface area (Å²) in [6.07, 6.45) is -4.30. The van der Waals surface area contributed by atoms with Crippen molar-refractivity contribution in [2.75, 3.05) is 7.05 Å². The van der Waals surface area contributed by atoms with E-state index in [1.165, 1.54) is 29.8 Å². The molecule has 4 rings (SSSR count). The third-order valence-corrected chi connectivity index (χ3v) is 15.1. The van der Waals surface area contributed by atoms with Gasteiger partial charge in [0.25, 0.3) is 0 Å². The molecule has 3 aromatic rings. The first-order chi connectivity index (χ1) is 12.9. The molecule has 0 aliphatic carbocycles. The molecule has 0 fully saturated rings. The summed E-state index contributed by atoms with van der Waals surface area (Å²) in [6.45, 7) is 1.72. The van der Waals surface area contributed by atoms with Crippen LogP contribution in [-0.2, 0) is 19.3 Å². The van der Waals surface area contributed by atoms with Gasteiger partial charge in [0, 0.05) is 0 Å². The van der Waals surface area contributed by atoms with Gasteiger partial charge >= 0.3 is 165 Å². The van der Waals surface area contributed by atoms with Crippen LogP contribution in [0.1, 0.15) is 16.7 Å². The van der Waals surface area contributed by atoms with Crippen molar-refractivity contribution in [3.8, 4) is 0 Å². The molecule has 0 radical (unpaired) electrons. The summed E-state index contributed by atoms with van der Waals surface area (Å²) in [7, 11) is 2.11. The van der Waals surface area contributed by atoms with E-state index in [9.17, 15) is 13.2 Å². The molecule has 138 valence electrons. The Morgan fingerprint density at radius 1 is 0.741 bits per heavy atom. The molecule has 0 atom stereocenters. The van der Waals surface area contributed by atoms with Crippen LogP contribution < -0.4 is 9.81 Å². The fourth-order valence-electron chi connectivity index (χ4n) is 3.57. The van der Waals surface area contributed by atoms with Crippen molar-refractivity contribution >= 4 is 31.6 Å². The van der Waals surface area contributed by atoms with Crippen LogP contribution in [0.4, 0.5) is 13.2 Å². The monoisotopic (exact) mass is 563 g/mol. The zero-order valence-electron chi connectivity index (χ0n) is 14.9. The van der Waals surface area contributed by atoms with Crippen molar-refractivity contribution in [3.63, 3.8) is 0 Å².